The van der Waals surface area contributed by atoms with Gasteiger partial charge in [0.25, 0.3) is 11.8 Å². The number of ether oxygens (including phenoxy) is 1. The van der Waals surface area contributed by atoms with Crippen LogP contribution in [0.1, 0.15) is 76.8 Å². The standard InChI is InChI=1S/C25H26F2N4O5/c1-2-28-16-9-17-25-30(13-5-6-14(8-13)36-25)24(35)20-22(33)21(32)18(19(16)31(17)20)23(34)29-10-11-3-4-12(26)7-15(11)27/h3-4,7,13-14,16-17,25,28,33H,2,5-6,8-10H2,1H3,(H,29,34)/t13?,14?,16?,17-,25-/m1/s1. The molecule has 190 valence electrons. The van der Waals surface area contributed by atoms with Gasteiger partial charge in [-0.25, -0.2) is 8.78 Å². The zero-order chi connectivity index (χ0) is 25.3. The number of amides is 2. The SMILES string of the molecule is CCNC1C[C@@H]2[C@H]3OC4CCC(C4)N3C(=O)c3c(O)c(=O)c(C(=O)NCc4ccc(F)cc4F)c1n32. The fourth-order valence-electron chi connectivity index (χ4n) is 6.31. The average Bonchev–Trinajstić information content (AvgIpc) is 3.39. The number of carbonyl (C=O) groups is 2. The number of pyridine rings is 1. The molecule has 4 heterocycles. The number of aromatic nitrogens is 1. The highest BCUT2D eigenvalue weighted by atomic mass is 19.1. The molecule has 2 aromatic rings. The van der Waals surface area contributed by atoms with E-state index in [0.29, 0.717) is 24.7 Å². The van der Waals surface area contributed by atoms with Gasteiger partial charge in [-0.15, -0.1) is 0 Å². The number of hydrogen-bond donors (Lipinski definition) is 3. The van der Waals surface area contributed by atoms with Crippen molar-refractivity contribution in [2.24, 2.45) is 0 Å². The highest BCUT2D eigenvalue weighted by molar-refractivity contribution is 6.01. The van der Waals surface area contributed by atoms with E-state index in [-0.39, 0.29) is 41.6 Å². The molecule has 3 N–H and O–H groups in total. The molecule has 1 aromatic carbocycles. The molecule has 4 aliphatic rings. The summed E-state index contributed by atoms with van der Waals surface area (Å²) < 4.78 is 35.2. The molecule has 0 spiro atoms. The van der Waals surface area contributed by atoms with E-state index >= 15 is 0 Å². The maximum Gasteiger partial charge on any atom is 0.276 e. The summed E-state index contributed by atoms with van der Waals surface area (Å²) in [7, 11) is 0. The quantitative estimate of drug-likeness (QED) is 0.580. The number of nitrogens with one attached hydrogen (secondary N) is 2. The van der Waals surface area contributed by atoms with Crippen molar-refractivity contribution in [1.82, 2.24) is 20.1 Å². The second kappa shape index (κ2) is 8.38. The van der Waals surface area contributed by atoms with Crippen molar-refractivity contribution >= 4 is 11.8 Å². The summed E-state index contributed by atoms with van der Waals surface area (Å²) in [4.78, 5) is 41.9. The zero-order valence-corrected chi connectivity index (χ0v) is 19.6. The molecule has 1 aromatic heterocycles. The number of rotatable bonds is 5. The number of hydrogen-bond acceptors (Lipinski definition) is 6. The van der Waals surface area contributed by atoms with Crippen LogP contribution in [0.2, 0.25) is 0 Å². The summed E-state index contributed by atoms with van der Waals surface area (Å²) in [5, 5.41) is 16.7. The van der Waals surface area contributed by atoms with Gasteiger partial charge >= 0.3 is 0 Å². The Balaban J connectivity index is 1.44. The van der Waals surface area contributed by atoms with Gasteiger partial charge in [-0.05, 0) is 38.3 Å². The van der Waals surface area contributed by atoms with E-state index in [1.807, 2.05) is 6.92 Å². The van der Waals surface area contributed by atoms with Crippen LogP contribution < -0.4 is 16.1 Å². The van der Waals surface area contributed by atoms with Gasteiger partial charge < -0.3 is 29.9 Å². The number of aromatic hydroxyl groups is 1. The first-order chi connectivity index (χ1) is 17.3. The summed E-state index contributed by atoms with van der Waals surface area (Å²) in [6.45, 7) is 2.14. The Bertz CT molecular complexity index is 1340. The van der Waals surface area contributed by atoms with Crippen LogP contribution in [0.15, 0.2) is 23.0 Å². The van der Waals surface area contributed by atoms with Crippen molar-refractivity contribution < 1.29 is 28.2 Å². The maximum absolute atomic E-state index is 14.1. The summed E-state index contributed by atoms with van der Waals surface area (Å²) in [5.74, 6) is -3.64. The van der Waals surface area contributed by atoms with Crippen LogP contribution in [0.5, 0.6) is 5.75 Å². The molecular weight excluding hydrogens is 474 g/mol. The van der Waals surface area contributed by atoms with Crippen LogP contribution in [0, 0.1) is 11.6 Å². The van der Waals surface area contributed by atoms with E-state index < -0.39 is 46.9 Å². The van der Waals surface area contributed by atoms with Gasteiger partial charge in [0.2, 0.25) is 5.43 Å². The minimum atomic E-state index is -0.953. The molecule has 1 aliphatic carbocycles. The first-order valence-electron chi connectivity index (χ1n) is 12.2. The number of carbonyl (C=O) groups excluding carboxylic acids is 2. The van der Waals surface area contributed by atoms with E-state index in [9.17, 15) is 28.3 Å². The lowest BCUT2D eigenvalue weighted by Gasteiger charge is -2.47. The van der Waals surface area contributed by atoms with Crippen LogP contribution >= 0.6 is 0 Å². The molecule has 3 aliphatic heterocycles. The van der Waals surface area contributed by atoms with Gasteiger partial charge in [-0.3, -0.25) is 14.4 Å². The molecule has 2 fully saturated rings. The van der Waals surface area contributed by atoms with Gasteiger partial charge in [0.15, 0.2) is 17.7 Å². The van der Waals surface area contributed by atoms with Gasteiger partial charge in [-0.2, -0.15) is 0 Å². The minimum Gasteiger partial charge on any atom is -0.503 e. The summed E-state index contributed by atoms with van der Waals surface area (Å²) in [6, 6.07) is 2.16. The highest BCUT2D eigenvalue weighted by Gasteiger charge is 2.55. The molecule has 6 rings (SSSR count). The molecule has 1 saturated carbocycles. The van der Waals surface area contributed by atoms with Gasteiger partial charge in [0.1, 0.15) is 17.2 Å². The summed E-state index contributed by atoms with van der Waals surface area (Å²) in [5.41, 5.74) is -1.02. The smallest absolute Gasteiger partial charge is 0.276 e. The highest BCUT2D eigenvalue weighted by Crippen LogP contribution is 2.49. The third-order valence-corrected chi connectivity index (χ3v) is 7.82. The van der Waals surface area contributed by atoms with Crippen molar-refractivity contribution in [3.63, 3.8) is 0 Å². The Labute approximate surface area is 205 Å². The lowest BCUT2D eigenvalue weighted by Crippen LogP contribution is -2.58. The van der Waals surface area contributed by atoms with E-state index in [1.165, 1.54) is 6.07 Å². The molecule has 0 radical (unpaired) electrons. The molecule has 2 amide bonds. The van der Waals surface area contributed by atoms with Crippen molar-refractivity contribution in [3.05, 3.63) is 62.6 Å². The van der Waals surface area contributed by atoms with Gasteiger partial charge in [0.05, 0.1) is 23.9 Å². The molecule has 1 saturated heterocycles. The fourth-order valence-corrected chi connectivity index (χ4v) is 6.31. The lowest BCUT2D eigenvalue weighted by molar-refractivity contribution is -0.147. The molecule has 36 heavy (non-hydrogen) atoms. The third-order valence-electron chi connectivity index (χ3n) is 7.82. The normalized spacial score (nSPS) is 27.7. The van der Waals surface area contributed by atoms with E-state index in [0.717, 1.165) is 25.3 Å². The predicted octanol–water partition coefficient (Wildman–Crippen LogP) is 2.09. The van der Waals surface area contributed by atoms with Gasteiger partial charge in [0, 0.05) is 24.2 Å². The van der Waals surface area contributed by atoms with E-state index in [1.54, 1.807) is 9.47 Å². The Hall–Kier alpha value is -3.31. The Morgan fingerprint density at radius 1 is 1.22 bits per heavy atom. The van der Waals surface area contributed by atoms with E-state index in [4.69, 9.17) is 4.74 Å². The van der Waals surface area contributed by atoms with E-state index in [2.05, 4.69) is 10.6 Å². The van der Waals surface area contributed by atoms with Gasteiger partial charge in [-0.1, -0.05) is 13.0 Å². The molecule has 9 nitrogen and oxygen atoms in total. The van der Waals surface area contributed by atoms with Crippen molar-refractivity contribution in [3.8, 4) is 5.75 Å². The van der Waals surface area contributed by atoms with Crippen molar-refractivity contribution in [1.29, 1.82) is 0 Å². The topological polar surface area (TPSA) is 113 Å². The number of fused-ring (bicyclic) bond motifs is 5. The maximum atomic E-state index is 14.1. The summed E-state index contributed by atoms with van der Waals surface area (Å²) >= 11 is 0. The molecule has 11 heteroatoms. The zero-order valence-electron chi connectivity index (χ0n) is 19.6. The van der Waals surface area contributed by atoms with Crippen molar-refractivity contribution in [2.75, 3.05) is 6.54 Å². The Kier molecular flexibility index (Phi) is 5.38. The largest absolute Gasteiger partial charge is 0.503 e. The van der Waals surface area contributed by atoms with Crippen LogP contribution in [0.3, 0.4) is 0 Å². The fraction of sp³-hybridized carbons (Fsp3) is 0.480. The Morgan fingerprint density at radius 3 is 2.78 bits per heavy atom. The first kappa shape index (κ1) is 23.1. The molecular formula is C25H26F2N4O5. The number of halogens is 2. The van der Waals surface area contributed by atoms with Crippen molar-refractivity contribution in [2.45, 2.75) is 69.6 Å². The molecule has 5 atom stereocenters. The van der Waals surface area contributed by atoms with Crippen LogP contribution in [0.4, 0.5) is 8.78 Å². The monoisotopic (exact) mass is 500 g/mol. The molecule has 3 unspecified atom stereocenters. The Morgan fingerprint density at radius 2 is 2.03 bits per heavy atom. The predicted molar refractivity (Wildman–Crippen MR) is 122 cm³/mol. The van der Waals surface area contributed by atoms with Crippen LogP contribution in [-0.4, -0.2) is 51.3 Å². The average molecular weight is 501 g/mol. The lowest BCUT2D eigenvalue weighted by atomic mass is 10.0. The second-order valence-electron chi connectivity index (χ2n) is 9.82. The van der Waals surface area contributed by atoms with Crippen LogP contribution in [-0.2, 0) is 11.3 Å². The first-order valence-corrected chi connectivity index (χ1v) is 12.2. The minimum absolute atomic E-state index is 0.0142. The number of benzene rings is 1. The third kappa shape index (κ3) is 3.29. The summed E-state index contributed by atoms with van der Waals surface area (Å²) in [6.07, 6.45) is 2.33. The number of nitrogens with zero attached hydrogens (tertiary/aromatic N) is 2. The van der Waals surface area contributed by atoms with Crippen LogP contribution in [0.25, 0.3) is 0 Å². The molecule has 2 bridgehead atoms. The second-order valence-corrected chi connectivity index (χ2v) is 9.82.